The highest BCUT2D eigenvalue weighted by Crippen LogP contribution is 2.30. The highest BCUT2D eigenvalue weighted by molar-refractivity contribution is 7.92. The molecule has 3 aromatic rings. The van der Waals surface area contributed by atoms with Gasteiger partial charge < -0.3 is 5.32 Å². The zero-order valence-electron chi connectivity index (χ0n) is 15.4. The zero-order valence-corrected chi connectivity index (χ0v) is 16.2. The first-order valence-electron chi connectivity index (χ1n) is 8.52. The number of alkyl halides is 3. The topological polar surface area (TPSA) is 75.3 Å². The summed E-state index contributed by atoms with van der Waals surface area (Å²) < 4.78 is 91.9. The van der Waals surface area contributed by atoms with E-state index in [9.17, 15) is 35.2 Å². The van der Waals surface area contributed by atoms with Crippen LogP contribution in [0, 0.1) is 11.6 Å². The average molecular weight is 456 g/mol. The molecular weight excluding hydrogens is 443 g/mol. The second kappa shape index (κ2) is 8.34. The molecular formula is C20H13F5N2O3S. The van der Waals surface area contributed by atoms with Crippen LogP contribution in [0.1, 0.15) is 15.9 Å². The van der Waals surface area contributed by atoms with E-state index in [-0.39, 0.29) is 16.9 Å². The lowest BCUT2D eigenvalue weighted by Crippen LogP contribution is -2.15. The molecule has 3 rings (SSSR count). The van der Waals surface area contributed by atoms with Crippen molar-refractivity contribution in [1.29, 1.82) is 0 Å². The quantitative estimate of drug-likeness (QED) is 0.529. The third-order valence-corrected chi connectivity index (χ3v) is 5.45. The Bertz CT molecular complexity index is 1210. The smallest absolute Gasteiger partial charge is 0.319 e. The SMILES string of the molecule is O=C(Nc1ccc(S(=O)(=O)Nc2ccc(C(F)(F)F)cc2)cc1F)c1ccc(F)cc1. The third kappa shape index (κ3) is 5.37. The van der Waals surface area contributed by atoms with Crippen LogP contribution in [0.3, 0.4) is 0 Å². The van der Waals surface area contributed by atoms with Gasteiger partial charge in [-0.05, 0) is 66.7 Å². The number of carbonyl (C=O) groups is 1. The Hall–Kier alpha value is -3.47. The lowest BCUT2D eigenvalue weighted by molar-refractivity contribution is -0.137. The maximum atomic E-state index is 14.4. The minimum absolute atomic E-state index is 0.0569. The molecule has 0 saturated heterocycles. The highest BCUT2D eigenvalue weighted by atomic mass is 32.2. The Morgan fingerprint density at radius 2 is 1.45 bits per heavy atom. The summed E-state index contributed by atoms with van der Waals surface area (Å²) in [6.45, 7) is 0. The molecule has 5 nitrogen and oxygen atoms in total. The van der Waals surface area contributed by atoms with E-state index in [1.54, 1.807) is 0 Å². The van der Waals surface area contributed by atoms with Crippen LogP contribution < -0.4 is 10.0 Å². The summed E-state index contributed by atoms with van der Waals surface area (Å²) >= 11 is 0. The van der Waals surface area contributed by atoms with Gasteiger partial charge in [-0.25, -0.2) is 17.2 Å². The molecule has 3 aromatic carbocycles. The Labute approximate surface area is 173 Å². The number of amides is 1. The standard InChI is InChI=1S/C20H13F5N2O3S/c21-14-5-1-12(2-6-14)19(28)26-18-10-9-16(11-17(18)22)31(29,30)27-15-7-3-13(4-8-15)20(23,24)25/h1-11,27H,(H,26,28). The number of rotatable bonds is 5. The molecule has 0 spiro atoms. The predicted octanol–water partition coefficient (Wildman–Crippen LogP) is 5.04. The number of hydrogen-bond acceptors (Lipinski definition) is 3. The molecule has 0 unspecified atom stereocenters. The van der Waals surface area contributed by atoms with Crippen LogP contribution in [0.5, 0.6) is 0 Å². The van der Waals surface area contributed by atoms with Gasteiger partial charge in [0.25, 0.3) is 15.9 Å². The number of carbonyl (C=O) groups excluding carboxylic acids is 1. The summed E-state index contributed by atoms with van der Waals surface area (Å²) in [5.74, 6) is -2.36. The monoisotopic (exact) mass is 456 g/mol. The Morgan fingerprint density at radius 1 is 0.839 bits per heavy atom. The van der Waals surface area contributed by atoms with Crippen molar-refractivity contribution in [2.24, 2.45) is 0 Å². The van der Waals surface area contributed by atoms with E-state index in [0.29, 0.717) is 18.2 Å². The molecule has 0 aliphatic heterocycles. The van der Waals surface area contributed by atoms with Crippen molar-refractivity contribution in [3.05, 3.63) is 89.5 Å². The van der Waals surface area contributed by atoms with Crippen LogP contribution >= 0.6 is 0 Å². The van der Waals surface area contributed by atoms with Gasteiger partial charge in [0, 0.05) is 11.3 Å². The second-order valence-electron chi connectivity index (χ2n) is 6.28. The Morgan fingerprint density at radius 3 is 2.00 bits per heavy atom. The molecule has 0 heterocycles. The number of hydrogen-bond donors (Lipinski definition) is 2. The van der Waals surface area contributed by atoms with Gasteiger partial charge in [0.05, 0.1) is 16.1 Å². The molecule has 1 amide bonds. The van der Waals surface area contributed by atoms with Crippen molar-refractivity contribution in [2.45, 2.75) is 11.1 Å². The molecule has 31 heavy (non-hydrogen) atoms. The van der Waals surface area contributed by atoms with Crippen molar-refractivity contribution >= 4 is 27.3 Å². The molecule has 0 radical (unpaired) electrons. The largest absolute Gasteiger partial charge is 0.416 e. The summed E-state index contributed by atoms with van der Waals surface area (Å²) in [4.78, 5) is 11.6. The summed E-state index contributed by atoms with van der Waals surface area (Å²) in [6, 6.07) is 10.4. The molecule has 162 valence electrons. The maximum absolute atomic E-state index is 14.4. The molecule has 0 fully saturated rings. The Balaban J connectivity index is 1.76. The van der Waals surface area contributed by atoms with E-state index < -0.39 is 44.2 Å². The van der Waals surface area contributed by atoms with Gasteiger partial charge in [0.1, 0.15) is 11.6 Å². The fourth-order valence-corrected chi connectivity index (χ4v) is 3.57. The predicted molar refractivity (Wildman–Crippen MR) is 103 cm³/mol. The Kier molecular flexibility index (Phi) is 5.98. The third-order valence-electron chi connectivity index (χ3n) is 4.07. The van der Waals surface area contributed by atoms with E-state index in [1.807, 2.05) is 4.72 Å². The number of halogens is 5. The number of anilines is 2. The number of nitrogens with one attached hydrogen (secondary N) is 2. The van der Waals surface area contributed by atoms with E-state index in [4.69, 9.17) is 0 Å². The minimum Gasteiger partial charge on any atom is -0.319 e. The van der Waals surface area contributed by atoms with Gasteiger partial charge in [-0.15, -0.1) is 0 Å². The first kappa shape index (κ1) is 22.2. The fraction of sp³-hybridized carbons (Fsp3) is 0.0500. The first-order valence-corrected chi connectivity index (χ1v) is 10.0. The van der Waals surface area contributed by atoms with Crippen molar-refractivity contribution < 1.29 is 35.2 Å². The molecule has 2 N–H and O–H groups in total. The van der Waals surface area contributed by atoms with Gasteiger partial charge in [0.15, 0.2) is 0 Å². The van der Waals surface area contributed by atoms with Gasteiger partial charge in [-0.1, -0.05) is 0 Å². The number of benzene rings is 3. The van der Waals surface area contributed by atoms with Gasteiger partial charge in [0.2, 0.25) is 0 Å². The van der Waals surface area contributed by atoms with Gasteiger partial charge >= 0.3 is 6.18 Å². The van der Waals surface area contributed by atoms with Crippen LogP contribution in [-0.4, -0.2) is 14.3 Å². The van der Waals surface area contributed by atoms with E-state index in [0.717, 1.165) is 36.4 Å². The maximum Gasteiger partial charge on any atom is 0.416 e. The minimum atomic E-state index is -4.57. The van der Waals surface area contributed by atoms with Gasteiger partial charge in [-0.3, -0.25) is 9.52 Å². The van der Waals surface area contributed by atoms with Crippen LogP contribution in [0.2, 0.25) is 0 Å². The van der Waals surface area contributed by atoms with Crippen LogP contribution in [0.4, 0.5) is 33.3 Å². The normalized spacial score (nSPS) is 11.8. The van der Waals surface area contributed by atoms with E-state index >= 15 is 0 Å². The zero-order chi connectivity index (χ0) is 22.8. The summed E-state index contributed by atoms with van der Waals surface area (Å²) in [5.41, 5.74) is -1.37. The lowest BCUT2D eigenvalue weighted by Gasteiger charge is -2.12. The molecule has 11 heteroatoms. The molecule has 0 aliphatic carbocycles. The average Bonchev–Trinajstić information content (AvgIpc) is 2.69. The molecule has 0 saturated carbocycles. The molecule has 0 aromatic heterocycles. The van der Waals surface area contributed by atoms with Crippen molar-refractivity contribution in [1.82, 2.24) is 0 Å². The highest BCUT2D eigenvalue weighted by Gasteiger charge is 2.30. The van der Waals surface area contributed by atoms with Crippen molar-refractivity contribution in [3.8, 4) is 0 Å². The fourth-order valence-electron chi connectivity index (χ4n) is 2.50. The summed E-state index contributed by atoms with van der Waals surface area (Å²) in [6.07, 6.45) is -4.57. The van der Waals surface area contributed by atoms with Crippen LogP contribution in [0.15, 0.2) is 71.6 Å². The van der Waals surface area contributed by atoms with E-state index in [1.165, 1.54) is 12.1 Å². The van der Waals surface area contributed by atoms with Crippen molar-refractivity contribution in [3.63, 3.8) is 0 Å². The molecule has 0 aliphatic rings. The number of sulfonamides is 1. The lowest BCUT2D eigenvalue weighted by atomic mass is 10.2. The van der Waals surface area contributed by atoms with Gasteiger partial charge in [-0.2, -0.15) is 13.2 Å². The summed E-state index contributed by atoms with van der Waals surface area (Å²) in [7, 11) is -4.31. The van der Waals surface area contributed by atoms with Crippen molar-refractivity contribution in [2.75, 3.05) is 10.0 Å². The first-order chi connectivity index (χ1) is 14.5. The van der Waals surface area contributed by atoms with Crippen LogP contribution in [0.25, 0.3) is 0 Å². The second-order valence-corrected chi connectivity index (χ2v) is 7.97. The molecule has 0 atom stereocenters. The molecule has 0 bridgehead atoms. The van der Waals surface area contributed by atoms with Crippen LogP contribution in [-0.2, 0) is 16.2 Å². The van der Waals surface area contributed by atoms with E-state index in [2.05, 4.69) is 5.32 Å². The summed E-state index contributed by atoms with van der Waals surface area (Å²) in [5, 5.41) is 2.24.